The summed E-state index contributed by atoms with van der Waals surface area (Å²) >= 11 is 5.15. The maximum atomic E-state index is 10.4. The second kappa shape index (κ2) is 6.32. The van der Waals surface area contributed by atoms with Crippen LogP contribution in [0.3, 0.4) is 0 Å². The highest BCUT2D eigenvalue weighted by molar-refractivity contribution is 9.11. The number of rotatable bonds is 6. The minimum atomic E-state index is -0.340. The molecule has 0 amide bonds. The lowest BCUT2D eigenvalue weighted by Gasteiger charge is -2.40. The van der Waals surface area contributed by atoms with Crippen molar-refractivity contribution in [1.29, 1.82) is 0 Å². The molecule has 4 heteroatoms. The summed E-state index contributed by atoms with van der Waals surface area (Å²) in [5, 5.41) is 10.4. The predicted octanol–water partition coefficient (Wildman–Crippen LogP) is 3.53. The highest BCUT2D eigenvalue weighted by Crippen LogP contribution is 2.27. The van der Waals surface area contributed by atoms with Crippen LogP contribution in [0.2, 0.25) is 0 Å². The average molecular weight is 320 g/mol. The fourth-order valence-corrected chi connectivity index (χ4v) is 3.67. The van der Waals surface area contributed by atoms with E-state index in [1.54, 1.807) is 11.3 Å². The quantitative estimate of drug-likeness (QED) is 0.867. The molecule has 0 radical (unpaired) electrons. The molecule has 0 aromatic carbocycles. The zero-order valence-corrected chi connectivity index (χ0v) is 13.4. The van der Waals surface area contributed by atoms with Crippen molar-refractivity contribution in [1.82, 2.24) is 4.90 Å². The van der Waals surface area contributed by atoms with Crippen molar-refractivity contribution in [3.63, 3.8) is 0 Å². The average Bonchev–Trinajstić information content (AvgIpc) is 2.65. The number of aliphatic hydroxyl groups excluding tert-OH is 1. The van der Waals surface area contributed by atoms with Crippen LogP contribution in [-0.2, 0) is 6.42 Å². The summed E-state index contributed by atoms with van der Waals surface area (Å²) in [6.07, 6.45) is 0.382. The zero-order chi connectivity index (χ0) is 13.1. The molecule has 1 atom stereocenters. The number of thiophene rings is 1. The summed E-state index contributed by atoms with van der Waals surface area (Å²) in [5.74, 6) is 0. The lowest BCUT2D eigenvalue weighted by Crippen LogP contribution is -2.53. The molecule has 98 valence electrons. The first-order chi connectivity index (χ1) is 7.91. The molecule has 17 heavy (non-hydrogen) atoms. The normalized spacial score (nSPS) is 14.3. The Balaban J connectivity index is 2.71. The molecule has 1 rings (SSSR count). The Hall–Kier alpha value is 0.1000. The SMILES string of the molecule is CCN(CC)C(C)(C)C(O)Cc1ccc(Br)s1. The van der Waals surface area contributed by atoms with Gasteiger partial charge in [-0.15, -0.1) is 11.3 Å². The zero-order valence-electron chi connectivity index (χ0n) is 11.0. The van der Waals surface area contributed by atoms with Gasteiger partial charge in [-0.1, -0.05) is 13.8 Å². The third-order valence-corrected chi connectivity index (χ3v) is 5.06. The summed E-state index contributed by atoms with van der Waals surface area (Å²) in [6.45, 7) is 10.4. The van der Waals surface area contributed by atoms with Gasteiger partial charge in [0, 0.05) is 16.8 Å². The monoisotopic (exact) mass is 319 g/mol. The molecule has 0 aliphatic heterocycles. The van der Waals surface area contributed by atoms with Gasteiger partial charge in [-0.05, 0) is 55.0 Å². The first-order valence-corrected chi connectivity index (χ1v) is 7.70. The highest BCUT2D eigenvalue weighted by atomic mass is 79.9. The molecular formula is C13H22BrNOS. The fourth-order valence-electron chi connectivity index (χ4n) is 2.15. The van der Waals surface area contributed by atoms with Gasteiger partial charge < -0.3 is 5.11 Å². The van der Waals surface area contributed by atoms with Gasteiger partial charge in [0.2, 0.25) is 0 Å². The first kappa shape index (κ1) is 15.2. The van der Waals surface area contributed by atoms with Crippen molar-refractivity contribution in [2.24, 2.45) is 0 Å². The Morgan fingerprint density at radius 2 is 1.94 bits per heavy atom. The lowest BCUT2D eigenvalue weighted by molar-refractivity contribution is -0.00373. The van der Waals surface area contributed by atoms with Crippen LogP contribution in [0.5, 0.6) is 0 Å². The van der Waals surface area contributed by atoms with Crippen LogP contribution in [0.4, 0.5) is 0 Å². The highest BCUT2D eigenvalue weighted by Gasteiger charge is 2.32. The molecule has 1 aromatic heterocycles. The summed E-state index contributed by atoms with van der Waals surface area (Å²) in [5.41, 5.74) is -0.181. The van der Waals surface area contributed by atoms with Crippen LogP contribution < -0.4 is 0 Å². The number of aliphatic hydroxyl groups is 1. The Kier molecular flexibility index (Phi) is 5.64. The standard InChI is InChI=1S/C13H22BrNOS/c1-5-15(6-2)13(3,4)11(16)9-10-7-8-12(14)17-10/h7-8,11,16H,5-6,9H2,1-4H3. The number of hydrogen-bond donors (Lipinski definition) is 1. The Morgan fingerprint density at radius 1 is 1.35 bits per heavy atom. The Labute approximate surface area is 117 Å². The van der Waals surface area contributed by atoms with Crippen molar-refractivity contribution in [2.45, 2.75) is 45.8 Å². The molecule has 2 nitrogen and oxygen atoms in total. The molecule has 0 bridgehead atoms. The van der Waals surface area contributed by atoms with E-state index in [2.05, 4.69) is 54.6 Å². The molecule has 1 aromatic rings. The van der Waals surface area contributed by atoms with Crippen molar-refractivity contribution in [3.05, 3.63) is 20.8 Å². The van der Waals surface area contributed by atoms with Crippen LogP contribution in [-0.4, -0.2) is 34.7 Å². The first-order valence-electron chi connectivity index (χ1n) is 6.09. The molecule has 0 spiro atoms. The van der Waals surface area contributed by atoms with Gasteiger partial charge in [-0.25, -0.2) is 0 Å². The van der Waals surface area contributed by atoms with E-state index < -0.39 is 0 Å². The maximum absolute atomic E-state index is 10.4. The number of likely N-dealkylation sites (N-methyl/N-ethyl adjacent to an activating group) is 1. The van der Waals surface area contributed by atoms with Crippen molar-refractivity contribution in [3.8, 4) is 0 Å². The Bertz CT molecular complexity index is 347. The number of halogens is 1. The molecule has 0 saturated heterocycles. The van der Waals surface area contributed by atoms with E-state index in [1.165, 1.54) is 4.88 Å². The number of nitrogens with zero attached hydrogens (tertiary/aromatic N) is 1. The molecule has 0 aliphatic rings. The Morgan fingerprint density at radius 3 is 2.35 bits per heavy atom. The van der Waals surface area contributed by atoms with Gasteiger partial charge in [0.05, 0.1) is 9.89 Å². The van der Waals surface area contributed by atoms with Crippen LogP contribution in [0, 0.1) is 0 Å². The minimum Gasteiger partial charge on any atom is -0.391 e. The lowest BCUT2D eigenvalue weighted by atomic mass is 9.92. The van der Waals surface area contributed by atoms with Crippen molar-refractivity contribution in [2.75, 3.05) is 13.1 Å². The third kappa shape index (κ3) is 3.78. The summed E-state index contributed by atoms with van der Waals surface area (Å²) in [6, 6.07) is 4.12. The largest absolute Gasteiger partial charge is 0.391 e. The van der Waals surface area contributed by atoms with E-state index in [-0.39, 0.29) is 11.6 Å². The number of hydrogen-bond acceptors (Lipinski definition) is 3. The van der Waals surface area contributed by atoms with Crippen molar-refractivity contribution >= 4 is 27.3 Å². The van der Waals surface area contributed by atoms with Crippen LogP contribution >= 0.6 is 27.3 Å². The van der Waals surface area contributed by atoms with Gasteiger partial charge in [-0.2, -0.15) is 0 Å². The molecule has 0 aliphatic carbocycles. The smallest absolute Gasteiger partial charge is 0.0766 e. The molecule has 0 fully saturated rings. The third-order valence-electron chi connectivity index (χ3n) is 3.42. The maximum Gasteiger partial charge on any atom is 0.0766 e. The van der Waals surface area contributed by atoms with Gasteiger partial charge in [0.1, 0.15) is 0 Å². The minimum absolute atomic E-state index is 0.181. The van der Waals surface area contributed by atoms with Crippen molar-refractivity contribution < 1.29 is 5.11 Å². The van der Waals surface area contributed by atoms with Gasteiger partial charge in [-0.3, -0.25) is 4.90 Å². The van der Waals surface area contributed by atoms with Crippen LogP contribution in [0.25, 0.3) is 0 Å². The molecule has 1 heterocycles. The van der Waals surface area contributed by atoms with Gasteiger partial charge >= 0.3 is 0 Å². The van der Waals surface area contributed by atoms with E-state index >= 15 is 0 Å². The molecule has 1 N–H and O–H groups in total. The second-order valence-electron chi connectivity index (χ2n) is 4.75. The van der Waals surface area contributed by atoms with E-state index in [0.29, 0.717) is 0 Å². The van der Waals surface area contributed by atoms with E-state index in [4.69, 9.17) is 0 Å². The van der Waals surface area contributed by atoms with E-state index in [0.717, 1.165) is 23.3 Å². The van der Waals surface area contributed by atoms with E-state index in [1.807, 2.05) is 6.07 Å². The molecule has 1 unspecified atom stereocenters. The topological polar surface area (TPSA) is 23.5 Å². The summed E-state index contributed by atoms with van der Waals surface area (Å²) in [7, 11) is 0. The van der Waals surface area contributed by atoms with E-state index in [9.17, 15) is 5.11 Å². The molecule has 0 saturated carbocycles. The van der Waals surface area contributed by atoms with Crippen LogP contribution in [0.1, 0.15) is 32.6 Å². The van der Waals surface area contributed by atoms with Gasteiger partial charge in [0.25, 0.3) is 0 Å². The summed E-state index contributed by atoms with van der Waals surface area (Å²) in [4.78, 5) is 3.53. The fraction of sp³-hybridized carbons (Fsp3) is 0.692. The van der Waals surface area contributed by atoms with Crippen LogP contribution in [0.15, 0.2) is 15.9 Å². The second-order valence-corrected chi connectivity index (χ2v) is 7.30. The predicted molar refractivity (Wildman–Crippen MR) is 78.7 cm³/mol. The summed E-state index contributed by atoms with van der Waals surface area (Å²) < 4.78 is 1.13. The van der Waals surface area contributed by atoms with Gasteiger partial charge in [0.15, 0.2) is 0 Å². The molecular weight excluding hydrogens is 298 g/mol.